The lowest BCUT2D eigenvalue weighted by Crippen LogP contribution is -2.38. The number of carbonyl (C=O) groups excluding carboxylic acids is 3. The molecule has 0 spiro atoms. The summed E-state index contributed by atoms with van der Waals surface area (Å²) in [6.45, 7) is 4.34. The number of rotatable bonds is 5. The highest BCUT2D eigenvalue weighted by molar-refractivity contribution is 5.82. The molecule has 0 aromatic heterocycles. The zero-order chi connectivity index (χ0) is 18.2. The van der Waals surface area contributed by atoms with E-state index in [1.165, 1.54) is 7.11 Å². The van der Waals surface area contributed by atoms with Crippen LogP contribution in [0.1, 0.15) is 30.4 Å². The summed E-state index contributed by atoms with van der Waals surface area (Å²) in [4.78, 5) is 39.4. The number of ether oxygens (including phenoxy) is 1. The van der Waals surface area contributed by atoms with E-state index in [0.717, 1.165) is 17.5 Å². The van der Waals surface area contributed by atoms with Crippen LogP contribution in [0.3, 0.4) is 0 Å². The topological polar surface area (TPSA) is 66.9 Å². The molecule has 0 radical (unpaired) electrons. The lowest BCUT2D eigenvalue weighted by molar-refractivity contribution is -0.143. The Morgan fingerprint density at radius 1 is 1.00 bits per heavy atom. The van der Waals surface area contributed by atoms with Crippen molar-refractivity contribution in [2.75, 3.05) is 33.3 Å². The monoisotopic (exact) mass is 346 g/mol. The fraction of sp³-hybridized carbons (Fsp3) is 0.526. The summed E-state index contributed by atoms with van der Waals surface area (Å²) in [5.41, 5.74) is 2.16. The van der Waals surface area contributed by atoms with Crippen molar-refractivity contribution in [3.63, 3.8) is 0 Å². The molecule has 0 aliphatic carbocycles. The minimum Gasteiger partial charge on any atom is -0.469 e. The third-order valence-corrected chi connectivity index (χ3v) is 4.41. The molecule has 0 unspecified atom stereocenters. The second-order valence-electron chi connectivity index (χ2n) is 6.36. The van der Waals surface area contributed by atoms with Crippen LogP contribution in [0.5, 0.6) is 0 Å². The Kier molecular flexibility index (Phi) is 6.98. The maximum Gasteiger partial charge on any atom is 0.306 e. The second-order valence-corrected chi connectivity index (χ2v) is 6.36. The van der Waals surface area contributed by atoms with E-state index in [4.69, 9.17) is 0 Å². The smallest absolute Gasteiger partial charge is 0.306 e. The van der Waals surface area contributed by atoms with Gasteiger partial charge < -0.3 is 14.5 Å². The Morgan fingerprint density at radius 2 is 1.68 bits per heavy atom. The number of benzene rings is 1. The molecule has 1 heterocycles. The first-order valence-corrected chi connectivity index (χ1v) is 8.67. The van der Waals surface area contributed by atoms with Gasteiger partial charge in [0.2, 0.25) is 11.8 Å². The van der Waals surface area contributed by atoms with Gasteiger partial charge in [0, 0.05) is 32.6 Å². The minimum atomic E-state index is -0.377. The molecule has 2 amide bonds. The summed E-state index contributed by atoms with van der Waals surface area (Å²) in [5, 5.41) is 0. The molecule has 0 saturated carbocycles. The van der Waals surface area contributed by atoms with E-state index < -0.39 is 0 Å². The summed E-state index contributed by atoms with van der Waals surface area (Å²) in [6.07, 6.45) is 1.40. The molecule has 0 atom stereocenters. The van der Waals surface area contributed by atoms with Crippen molar-refractivity contribution >= 4 is 17.8 Å². The van der Waals surface area contributed by atoms with Crippen molar-refractivity contribution in [2.45, 2.75) is 32.6 Å². The summed E-state index contributed by atoms with van der Waals surface area (Å²) in [7, 11) is 1.32. The molecule has 25 heavy (non-hydrogen) atoms. The van der Waals surface area contributed by atoms with Crippen LogP contribution in [0.15, 0.2) is 24.3 Å². The first kappa shape index (κ1) is 19.0. The fourth-order valence-corrected chi connectivity index (χ4v) is 2.99. The number of carbonyl (C=O) groups is 3. The van der Waals surface area contributed by atoms with Crippen LogP contribution in [-0.4, -0.2) is 60.9 Å². The van der Waals surface area contributed by atoms with E-state index in [1.807, 2.05) is 36.1 Å². The van der Waals surface area contributed by atoms with Gasteiger partial charge in [-0.25, -0.2) is 0 Å². The van der Waals surface area contributed by atoms with E-state index in [1.54, 1.807) is 4.90 Å². The highest BCUT2D eigenvalue weighted by Crippen LogP contribution is 2.10. The van der Waals surface area contributed by atoms with Gasteiger partial charge in [0.05, 0.1) is 20.0 Å². The van der Waals surface area contributed by atoms with Gasteiger partial charge in [0.15, 0.2) is 0 Å². The lowest BCUT2D eigenvalue weighted by Gasteiger charge is -2.22. The molecule has 0 N–H and O–H groups in total. The highest BCUT2D eigenvalue weighted by atomic mass is 16.5. The highest BCUT2D eigenvalue weighted by Gasteiger charge is 2.22. The fourth-order valence-electron chi connectivity index (χ4n) is 2.99. The number of amides is 2. The first-order chi connectivity index (χ1) is 12.0. The molecule has 1 aliphatic heterocycles. The van der Waals surface area contributed by atoms with Gasteiger partial charge in [-0.1, -0.05) is 29.8 Å². The second kappa shape index (κ2) is 9.20. The van der Waals surface area contributed by atoms with Crippen molar-refractivity contribution in [2.24, 2.45) is 0 Å². The predicted octanol–water partition coefficient (Wildman–Crippen LogP) is 1.55. The van der Waals surface area contributed by atoms with Crippen LogP contribution >= 0.6 is 0 Å². The number of aryl methyl sites for hydroxylation is 1. The van der Waals surface area contributed by atoms with Crippen molar-refractivity contribution < 1.29 is 19.1 Å². The Bertz CT molecular complexity index is 630. The lowest BCUT2D eigenvalue weighted by atomic mass is 10.1. The normalized spacial score (nSPS) is 14.8. The van der Waals surface area contributed by atoms with Crippen LogP contribution in [0.4, 0.5) is 0 Å². The first-order valence-electron chi connectivity index (χ1n) is 8.67. The minimum absolute atomic E-state index is 0.0571. The van der Waals surface area contributed by atoms with Crippen LogP contribution in [0, 0.1) is 6.92 Å². The zero-order valence-electron chi connectivity index (χ0n) is 15.0. The number of esters is 1. The van der Waals surface area contributed by atoms with Crippen molar-refractivity contribution in [3.05, 3.63) is 35.4 Å². The Balaban J connectivity index is 1.84. The summed E-state index contributed by atoms with van der Waals surface area (Å²) in [6, 6.07) is 7.96. The summed E-state index contributed by atoms with van der Waals surface area (Å²) < 4.78 is 4.56. The van der Waals surface area contributed by atoms with E-state index in [-0.39, 0.29) is 30.6 Å². The number of methoxy groups -OCH3 is 1. The predicted molar refractivity (Wildman–Crippen MR) is 93.9 cm³/mol. The molecule has 1 aromatic rings. The average molecular weight is 346 g/mol. The van der Waals surface area contributed by atoms with Crippen molar-refractivity contribution in [3.8, 4) is 0 Å². The number of nitrogens with zero attached hydrogens (tertiary/aromatic N) is 2. The third kappa shape index (κ3) is 5.89. The summed E-state index contributed by atoms with van der Waals surface area (Å²) in [5.74, 6) is -0.342. The van der Waals surface area contributed by atoms with E-state index >= 15 is 0 Å². The average Bonchev–Trinajstić information content (AvgIpc) is 2.85. The van der Waals surface area contributed by atoms with Crippen LogP contribution in [0.25, 0.3) is 0 Å². The largest absolute Gasteiger partial charge is 0.469 e. The molecule has 0 bridgehead atoms. The zero-order valence-corrected chi connectivity index (χ0v) is 15.0. The van der Waals surface area contributed by atoms with Crippen LogP contribution in [0.2, 0.25) is 0 Å². The maximum atomic E-state index is 12.5. The third-order valence-electron chi connectivity index (χ3n) is 4.41. The maximum absolute atomic E-state index is 12.5. The van der Waals surface area contributed by atoms with Crippen molar-refractivity contribution in [1.29, 1.82) is 0 Å². The van der Waals surface area contributed by atoms with Gasteiger partial charge in [-0.15, -0.1) is 0 Å². The number of hydrogen-bond acceptors (Lipinski definition) is 4. The SMILES string of the molecule is COC(=O)CCC(=O)N1CCCN(C(=O)Cc2cccc(C)c2)CC1. The molecule has 1 fully saturated rings. The summed E-state index contributed by atoms with van der Waals surface area (Å²) >= 11 is 0. The molecule has 1 aromatic carbocycles. The van der Waals surface area contributed by atoms with Crippen LogP contribution < -0.4 is 0 Å². The standard InChI is InChI=1S/C19H26N2O4/c1-15-5-3-6-16(13-15)14-18(23)21-10-4-9-20(11-12-21)17(22)7-8-19(24)25-2/h3,5-6,13H,4,7-12,14H2,1-2H3. The molecular formula is C19H26N2O4. The molecule has 6 nitrogen and oxygen atoms in total. The van der Waals surface area contributed by atoms with Gasteiger partial charge in [-0.3, -0.25) is 14.4 Å². The van der Waals surface area contributed by atoms with Crippen molar-refractivity contribution in [1.82, 2.24) is 9.80 Å². The van der Waals surface area contributed by atoms with E-state index in [2.05, 4.69) is 4.74 Å². The van der Waals surface area contributed by atoms with Gasteiger partial charge in [-0.05, 0) is 18.9 Å². The Morgan fingerprint density at radius 3 is 2.32 bits per heavy atom. The molecular weight excluding hydrogens is 320 g/mol. The van der Waals surface area contributed by atoms with E-state index in [0.29, 0.717) is 32.6 Å². The van der Waals surface area contributed by atoms with Gasteiger partial charge in [0.25, 0.3) is 0 Å². The number of hydrogen-bond donors (Lipinski definition) is 0. The Labute approximate surface area is 148 Å². The van der Waals surface area contributed by atoms with E-state index in [9.17, 15) is 14.4 Å². The Hall–Kier alpha value is -2.37. The molecule has 6 heteroatoms. The molecule has 1 aliphatic rings. The van der Waals surface area contributed by atoms with Gasteiger partial charge >= 0.3 is 5.97 Å². The molecule has 136 valence electrons. The quantitative estimate of drug-likeness (QED) is 0.759. The molecule has 1 saturated heterocycles. The van der Waals surface area contributed by atoms with Gasteiger partial charge in [0.1, 0.15) is 0 Å². The van der Waals surface area contributed by atoms with Crippen LogP contribution in [-0.2, 0) is 25.5 Å². The molecule has 2 rings (SSSR count). The van der Waals surface area contributed by atoms with Gasteiger partial charge in [-0.2, -0.15) is 0 Å².